The number of allylic oxidation sites excluding steroid dienone is 3. The van der Waals surface area contributed by atoms with E-state index in [9.17, 15) is 70.6 Å². The molecule has 0 spiro atoms. The molecule has 7 fully saturated rings. The van der Waals surface area contributed by atoms with Crippen LogP contribution in [-0.4, -0.2) is 205 Å². The van der Waals surface area contributed by atoms with Gasteiger partial charge >= 0.3 is 17.9 Å². The van der Waals surface area contributed by atoms with Crippen LogP contribution in [0.2, 0.25) is 0 Å². The van der Waals surface area contributed by atoms with Crippen molar-refractivity contribution in [1.82, 2.24) is 0 Å². The van der Waals surface area contributed by atoms with Crippen LogP contribution in [0.4, 0.5) is 0 Å². The van der Waals surface area contributed by atoms with Gasteiger partial charge < -0.3 is 94.1 Å². The number of esters is 2. The molecule has 76 heavy (non-hydrogen) atoms. The van der Waals surface area contributed by atoms with Crippen molar-refractivity contribution < 1.29 is 108 Å². The maximum absolute atomic E-state index is 14.0. The van der Waals surface area contributed by atoms with E-state index in [0.717, 1.165) is 5.57 Å². The van der Waals surface area contributed by atoms with Crippen molar-refractivity contribution in [1.29, 1.82) is 0 Å². The molecule has 8 rings (SSSR count). The molecule has 432 valence electrons. The first-order chi connectivity index (χ1) is 35.6. The van der Waals surface area contributed by atoms with Gasteiger partial charge in [0.2, 0.25) is 0 Å². The Hall–Kier alpha value is -2.75. The van der Waals surface area contributed by atoms with Gasteiger partial charge in [0, 0.05) is 29.2 Å². The summed E-state index contributed by atoms with van der Waals surface area (Å²) in [5.41, 5.74) is -3.47. The molecular weight excluding hydrogens is 1000 g/mol. The van der Waals surface area contributed by atoms with Gasteiger partial charge in [0.1, 0.15) is 78.7 Å². The second kappa shape index (κ2) is 21.6. The molecule has 8 aliphatic rings. The zero-order valence-corrected chi connectivity index (χ0v) is 45.1. The zero-order chi connectivity index (χ0) is 56.0. The van der Waals surface area contributed by atoms with E-state index in [1.54, 1.807) is 19.9 Å². The third kappa shape index (κ3) is 9.42. The van der Waals surface area contributed by atoms with Crippen LogP contribution in [0, 0.1) is 50.2 Å². The van der Waals surface area contributed by atoms with Gasteiger partial charge in [-0.1, -0.05) is 59.3 Å². The molecule has 0 radical (unpaired) electrons. The van der Waals surface area contributed by atoms with Gasteiger partial charge in [-0.2, -0.15) is 0 Å². The van der Waals surface area contributed by atoms with Crippen LogP contribution in [0.25, 0.3) is 0 Å². The van der Waals surface area contributed by atoms with E-state index >= 15 is 0 Å². The van der Waals surface area contributed by atoms with Crippen molar-refractivity contribution in [3.8, 4) is 0 Å². The summed E-state index contributed by atoms with van der Waals surface area (Å²) in [7, 11) is 0. The van der Waals surface area contributed by atoms with Gasteiger partial charge in [0.15, 0.2) is 25.0 Å². The molecular formula is C54H84O22. The average Bonchev–Trinajstić information content (AvgIpc) is 3.57. The average molecular weight is 1090 g/mol. The number of aliphatic hydroxyl groups is 10. The van der Waals surface area contributed by atoms with Crippen LogP contribution in [0.5, 0.6) is 0 Å². The molecule has 5 aliphatic carbocycles. The van der Waals surface area contributed by atoms with Crippen LogP contribution in [0.1, 0.15) is 114 Å². The summed E-state index contributed by atoms with van der Waals surface area (Å²) < 4.78 is 48.6. The fraction of sp³-hybridized carbons (Fsp3) is 0.870. The molecule has 0 aromatic heterocycles. The number of aliphatic hydroxyl groups excluding tert-OH is 10. The molecule has 3 aliphatic heterocycles. The van der Waals surface area contributed by atoms with E-state index in [-0.39, 0.29) is 24.9 Å². The minimum absolute atomic E-state index is 0.0127. The van der Waals surface area contributed by atoms with Crippen LogP contribution in [-0.2, 0) is 52.3 Å². The van der Waals surface area contributed by atoms with Gasteiger partial charge in [-0.05, 0) is 93.3 Å². The zero-order valence-electron chi connectivity index (χ0n) is 45.1. The van der Waals surface area contributed by atoms with E-state index in [2.05, 4.69) is 26.8 Å². The second-order valence-corrected chi connectivity index (χ2v) is 24.9. The first-order valence-corrected chi connectivity index (χ1v) is 27.0. The lowest BCUT2D eigenvalue weighted by Crippen LogP contribution is -2.70. The number of fused-ring (bicyclic) bond motifs is 7. The maximum atomic E-state index is 14.0. The van der Waals surface area contributed by atoms with Crippen molar-refractivity contribution in [2.24, 2.45) is 50.2 Å². The molecule has 22 nitrogen and oxygen atoms in total. The number of hydrogen-bond donors (Lipinski definition) is 11. The number of rotatable bonds is 13. The van der Waals surface area contributed by atoms with E-state index < -0.39 is 180 Å². The molecule has 4 saturated carbocycles. The van der Waals surface area contributed by atoms with Crippen molar-refractivity contribution in [2.75, 3.05) is 26.4 Å². The highest BCUT2D eigenvalue weighted by atomic mass is 16.8. The van der Waals surface area contributed by atoms with Crippen LogP contribution in [0.15, 0.2) is 23.3 Å². The third-order valence-corrected chi connectivity index (χ3v) is 20.6. The van der Waals surface area contributed by atoms with E-state index in [4.69, 9.17) is 37.9 Å². The lowest BCUT2D eigenvalue weighted by molar-refractivity contribution is -0.393. The number of carboxylic acids is 1. The Bertz CT molecular complexity index is 2200. The molecule has 0 aromatic carbocycles. The summed E-state index contributed by atoms with van der Waals surface area (Å²) in [6.45, 7) is 14.7. The highest BCUT2D eigenvalue weighted by Gasteiger charge is 2.74. The standard InChI is InChI=1S/C54H84O22/c1-10-24(2)44(66)76-42-43(70-25(3)58)54(48(67)68)18-17-52(8)26(27(54)19-49(42,4)5)11-12-32-50(6)15-14-33(51(7,23-57)31(50)13-16-53(32,52)9)73-47-41(75-46-38(64)36(62)35(61)29(20-55)71-46)39(65)40(30(21-56)72-47)74-45-37(63)34(60)28(59)22-69-45/h10-11,27-43,45-47,55-57,59-65H,12-23H2,1-9H3,(H,67,68)/b24-10-/t27-,28-,29+,30+,31+,32+,33-,34-,35+,36-,37+,38+,39-,40+,41+,42-,43-,45-,46-,47-,50-,51+,52+,53+,54-/m0/s1. The molecule has 3 heterocycles. The largest absolute Gasteiger partial charge is 0.481 e. The normalized spacial score (nSPS) is 50.2. The molecule has 22 heteroatoms. The van der Waals surface area contributed by atoms with Crippen molar-refractivity contribution in [3.63, 3.8) is 0 Å². The second-order valence-electron chi connectivity index (χ2n) is 24.9. The number of carbonyl (C=O) groups is 3. The number of hydrogen-bond acceptors (Lipinski definition) is 21. The highest BCUT2D eigenvalue weighted by Crippen LogP contribution is 2.76. The van der Waals surface area contributed by atoms with Crippen molar-refractivity contribution in [3.05, 3.63) is 23.3 Å². The Labute approximate surface area is 443 Å². The summed E-state index contributed by atoms with van der Waals surface area (Å²) in [4.78, 5) is 40.3. The maximum Gasteiger partial charge on any atom is 0.333 e. The molecule has 0 aromatic rings. The first kappa shape index (κ1) is 59.4. The van der Waals surface area contributed by atoms with Crippen molar-refractivity contribution >= 4 is 17.9 Å². The summed E-state index contributed by atoms with van der Waals surface area (Å²) >= 11 is 0. The topological polar surface area (TPSA) is 348 Å². The minimum Gasteiger partial charge on any atom is -0.481 e. The molecule has 0 amide bonds. The Balaban J connectivity index is 1.10. The summed E-state index contributed by atoms with van der Waals surface area (Å²) in [5.74, 6) is -3.17. The Morgan fingerprint density at radius 1 is 0.697 bits per heavy atom. The first-order valence-electron chi connectivity index (χ1n) is 27.0. The van der Waals surface area contributed by atoms with Gasteiger partial charge in [0.05, 0.1) is 32.5 Å². The Kier molecular flexibility index (Phi) is 16.9. The lowest BCUT2D eigenvalue weighted by atomic mass is 9.33. The fourth-order valence-electron chi connectivity index (χ4n) is 15.9. The molecule has 3 saturated heterocycles. The predicted octanol–water partition coefficient (Wildman–Crippen LogP) is 0.347. The molecule has 11 N–H and O–H groups in total. The van der Waals surface area contributed by atoms with Crippen LogP contribution < -0.4 is 0 Å². The third-order valence-electron chi connectivity index (χ3n) is 20.6. The quantitative estimate of drug-likeness (QED) is 0.0513. The monoisotopic (exact) mass is 1080 g/mol. The van der Waals surface area contributed by atoms with Gasteiger partial charge in [-0.3, -0.25) is 9.59 Å². The van der Waals surface area contributed by atoms with Crippen molar-refractivity contribution in [2.45, 2.75) is 218 Å². The van der Waals surface area contributed by atoms with E-state index in [1.807, 2.05) is 20.8 Å². The lowest BCUT2D eigenvalue weighted by Gasteiger charge is -2.71. The van der Waals surface area contributed by atoms with Crippen LogP contribution in [0.3, 0.4) is 0 Å². The highest BCUT2D eigenvalue weighted by molar-refractivity contribution is 5.88. The van der Waals surface area contributed by atoms with Crippen LogP contribution >= 0.6 is 0 Å². The number of aliphatic carboxylic acids is 1. The smallest absolute Gasteiger partial charge is 0.333 e. The minimum atomic E-state index is -1.93. The number of carboxylic acid groups (broad SMARTS) is 1. The van der Waals surface area contributed by atoms with E-state index in [1.165, 1.54) is 6.92 Å². The predicted molar refractivity (Wildman–Crippen MR) is 262 cm³/mol. The van der Waals surface area contributed by atoms with E-state index in [0.29, 0.717) is 50.5 Å². The number of carbonyl (C=O) groups excluding carboxylic acids is 2. The SMILES string of the molecule is C/C=C(/C)C(=O)O[C@H]1[C@H](OC(C)=O)[C@]2(C(=O)O)CC[C@]3(C)C(=CC[C@@H]4[C@@]5(C)CC[C@H](O[C@@H]6O[C@H](CO)[C@@H](O[C@@H]7OC[C@H](O)[C@H](O)[C@H]7O)[C@H](O)[C@H]6O[C@@H]6O[C@H](CO)[C@@H](O)[C@H](O)[C@H]6O)[C@](C)(CO)[C@@H]5CC[C@]43C)[C@@H]2CC1(C)C. The fourth-order valence-corrected chi connectivity index (χ4v) is 15.9. The summed E-state index contributed by atoms with van der Waals surface area (Å²) in [6.07, 6.45) is -19.2. The number of ether oxygens (including phenoxy) is 8. The van der Waals surface area contributed by atoms with Gasteiger partial charge in [0.25, 0.3) is 0 Å². The summed E-state index contributed by atoms with van der Waals surface area (Å²) in [5, 5.41) is 120. The van der Waals surface area contributed by atoms with Gasteiger partial charge in [-0.25, -0.2) is 4.79 Å². The van der Waals surface area contributed by atoms with Gasteiger partial charge in [-0.15, -0.1) is 0 Å². The summed E-state index contributed by atoms with van der Waals surface area (Å²) in [6, 6.07) is 0. The molecule has 25 atom stereocenters. The Morgan fingerprint density at radius 3 is 1.96 bits per heavy atom. The molecule has 0 unspecified atom stereocenters. The Morgan fingerprint density at radius 2 is 1.34 bits per heavy atom. The molecule has 0 bridgehead atoms.